The van der Waals surface area contributed by atoms with Crippen LogP contribution in [0.1, 0.15) is 0 Å². The molecular weight excluding hydrogens is 230 g/mol. The zero-order valence-corrected chi connectivity index (χ0v) is 10.1. The molecule has 0 spiro atoms. The molecule has 0 aromatic heterocycles. The minimum absolute atomic E-state index is 0.0912. The van der Waals surface area contributed by atoms with Crippen LogP contribution in [0.25, 0.3) is 0 Å². The molecule has 0 bridgehead atoms. The summed E-state index contributed by atoms with van der Waals surface area (Å²) >= 11 is 0. The van der Waals surface area contributed by atoms with Gasteiger partial charge in [0.15, 0.2) is 6.10 Å². The highest BCUT2D eigenvalue weighted by Gasteiger charge is 2.13. The molecular formula is C10H21NO6. The summed E-state index contributed by atoms with van der Waals surface area (Å²) in [7, 11) is 1.60. The van der Waals surface area contributed by atoms with Crippen LogP contribution in [0.5, 0.6) is 0 Å². The second-order valence-corrected chi connectivity index (χ2v) is 3.14. The second-order valence-electron chi connectivity index (χ2n) is 3.14. The van der Waals surface area contributed by atoms with Gasteiger partial charge in [-0.2, -0.15) is 0 Å². The first-order chi connectivity index (χ1) is 8.22. The fourth-order valence-corrected chi connectivity index (χ4v) is 0.858. The normalized spacial score (nSPS) is 12.4. The maximum atomic E-state index is 10.9. The summed E-state index contributed by atoms with van der Waals surface area (Å²) in [6.45, 7) is 2.16. The molecule has 7 nitrogen and oxygen atoms in total. The van der Waals surface area contributed by atoms with Crippen molar-refractivity contribution in [1.82, 2.24) is 0 Å². The highest BCUT2D eigenvalue weighted by atomic mass is 16.6. The highest BCUT2D eigenvalue weighted by molar-refractivity contribution is 5.74. The van der Waals surface area contributed by atoms with E-state index in [1.54, 1.807) is 7.11 Å². The smallest absolute Gasteiger partial charge is 0.336 e. The van der Waals surface area contributed by atoms with Crippen LogP contribution in [-0.2, 0) is 23.7 Å². The van der Waals surface area contributed by atoms with E-state index in [0.29, 0.717) is 26.4 Å². The van der Waals surface area contributed by atoms with Gasteiger partial charge in [0.1, 0.15) is 6.61 Å². The van der Waals surface area contributed by atoms with Gasteiger partial charge in [-0.15, -0.1) is 0 Å². The first kappa shape index (κ1) is 16.3. The van der Waals surface area contributed by atoms with E-state index in [2.05, 4.69) is 4.74 Å². The topological polar surface area (TPSA) is 100 Å². The van der Waals surface area contributed by atoms with Gasteiger partial charge in [-0.1, -0.05) is 0 Å². The summed E-state index contributed by atoms with van der Waals surface area (Å²) in [5.74, 6) is -0.729. The van der Waals surface area contributed by atoms with Crippen molar-refractivity contribution in [2.75, 3.05) is 53.3 Å². The number of methoxy groups -OCH3 is 1. The Hall–Kier alpha value is -0.730. The molecule has 1 atom stereocenters. The van der Waals surface area contributed by atoms with Crippen molar-refractivity contribution >= 4 is 5.97 Å². The molecule has 102 valence electrons. The number of aliphatic hydroxyl groups is 1. The number of ether oxygens (including phenoxy) is 4. The van der Waals surface area contributed by atoms with Crippen LogP contribution in [0.3, 0.4) is 0 Å². The van der Waals surface area contributed by atoms with Gasteiger partial charge >= 0.3 is 5.97 Å². The monoisotopic (exact) mass is 251 g/mol. The largest absolute Gasteiger partial charge is 0.461 e. The fraction of sp³-hybridized carbons (Fsp3) is 0.900. The van der Waals surface area contributed by atoms with Gasteiger partial charge < -0.3 is 29.8 Å². The predicted octanol–water partition coefficient (Wildman–Crippen LogP) is -1.47. The number of esters is 1. The lowest BCUT2D eigenvalue weighted by atomic mass is 10.4. The van der Waals surface area contributed by atoms with Gasteiger partial charge in [-0.25, -0.2) is 4.79 Å². The quantitative estimate of drug-likeness (QED) is 0.341. The van der Waals surface area contributed by atoms with Gasteiger partial charge in [0, 0.05) is 13.7 Å². The number of rotatable bonds is 11. The standard InChI is InChI=1S/C10H21NO6/c1-14-2-3-15-4-5-16-6-7-17-10(13)9(12)8-11/h9,12H,2-8,11H2,1H3. The van der Waals surface area contributed by atoms with E-state index in [9.17, 15) is 4.79 Å². The van der Waals surface area contributed by atoms with Crippen molar-refractivity contribution in [3.63, 3.8) is 0 Å². The molecule has 0 aromatic rings. The Labute approximate surface area is 101 Å². The minimum atomic E-state index is -1.26. The molecule has 0 heterocycles. The first-order valence-corrected chi connectivity index (χ1v) is 5.41. The summed E-state index contributed by atoms with van der Waals surface area (Å²) < 4.78 is 19.7. The Bertz CT molecular complexity index is 190. The molecule has 0 aliphatic heterocycles. The predicted molar refractivity (Wildman–Crippen MR) is 59.5 cm³/mol. The number of hydrogen-bond acceptors (Lipinski definition) is 7. The van der Waals surface area contributed by atoms with E-state index < -0.39 is 12.1 Å². The summed E-state index contributed by atoms with van der Waals surface area (Å²) in [4.78, 5) is 10.9. The van der Waals surface area contributed by atoms with Gasteiger partial charge in [0.2, 0.25) is 0 Å². The van der Waals surface area contributed by atoms with Crippen molar-refractivity contribution in [3.8, 4) is 0 Å². The van der Waals surface area contributed by atoms with Crippen LogP contribution in [0.2, 0.25) is 0 Å². The minimum Gasteiger partial charge on any atom is -0.461 e. The van der Waals surface area contributed by atoms with Gasteiger partial charge in [-0.05, 0) is 0 Å². The van der Waals surface area contributed by atoms with Crippen LogP contribution >= 0.6 is 0 Å². The Morgan fingerprint density at radius 3 is 2.18 bits per heavy atom. The van der Waals surface area contributed by atoms with Crippen molar-refractivity contribution in [3.05, 3.63) is 0 Å². The number of carbonyl (C=O) groups excluding carboxylic acids is 1. The Morgan fingerprint density at radius 1 is 1.12 bits per heavy atom. The molecule has 7 heteroatoms. The van der Waals surface area contributed by atoms with E-state index in [-0.39, 0.29) is 19.8 Å². The molecule has 3 N–H and O–H groups in total. The molecule has 1 unspecified atom stereocenters. The number of aliphatic hydroxyl groups excluding tert-OH is 1. The molecule has 0 rings (SSSR count). The summed E-state index contributed by atoms with van der Waals surface area (Å²) in [5.41, 5.74) is 5.07. The van der Waals surface area contributed by atoms with Gasteiger partial charge in [0.05, 0.1) is 33.0 Å². The van der Waals surface area contributed by atoms with Gasteiger partial charge in [0.25, 0.3) is 0 Å². The Kier molecular flexibility index (Phi) is 11.2. The maximum Gasteiger partial charge on any atom is 0.336 e. The molecule has 0 aromatic carbocycles. The molecule has 0 aliphatic rings. The lowest BCUT2D eigenvalue weighted by molar-refractivity contribution is -0.154. The third-order valence-corrected chi connectivity index (χ3v) is 1.77. The van der Waals surface area contributed by atoms with Crippen molar-refractivity contribution in [1.29, 1.82) is 0 Å². The Morgan fingerprint density at radius 2 is 1.65 bits per heavy atom. The average molecular weight is 251 g/mol. The zero-order chi connectivity index (χ0) is 12.9. The van der Waals surface area contributed by atoms with Crippen molar-refractivity contribution in [2.45, 2.75) is 6.10 Å². The fourth-order valence-electron chi connectivity index (χ4n) is 0.858. The summed E-state index contributed by atoms with van der Waals surface area (Å²) in [6, 6.07) is 0. The third-order valence-electron chi connectivity index (χ3n) is 1.77. The summed E-state index contributed by atoms with van der Waals surface area (Å²) in [6.07, 6.45) is -1.26. The maximum absolute atomic E-state index is 10.9. The average Bonchev–Trinajstić information content (AvgIpc) is 2.35. The van der Waals surface area contributed by atoms with Crippen molar-refractivity contribution < 1.29 is 28.8 Å². The molecule has 0 saturated carbocycles. The molecule has 0 fully saturated rings. The lowest BCUT2D eigenvalue weighted by Crippen LogP contribution is -2.31. The lowest BCUT2D eigenvalue weighted by Gasteiger charge is -2.09. The van der Waals surface area contributed by atoms with E-state index in [1.807, 2.05) is 0 Å². The van der Waals surface area contributed by atoms with E-state index >= 15 is 0 Å². The van der Waals surface area contributed by atoms with E-state index in [1.165, 1.54) is 0 Å². The number of hydrogen-bond donors (Lipinski definition) is 2. The molecule has 0 saturated heterocycles. The van der Waals surface area contributed by atoms with Gasteiger partial charge in [-0.3, -0.25) is 0 Å². The van der Waals surface area contributed by atoms with Crippen molar-refractivity contribution in [2.24, 2.45) is 5.73 Å². The van der Waals surface area contributed by atoms with Crippen LogP contribution in [0.4, 0.5) is 0 Å². The number of nitrogens with two attached hydrogens (primary N) is 1. The van der Waals surface area contributed by atoms with Crippen LogP contribution in [-0.4, -0.2) is 70.5 Å². The SMILES string of the molecule is COCCOCCOCCOC(=O)C(O)CN. The second kappa shape index (κ2) is 11.7. The summed E-state index contributed by atoms with van der Waals surface area (Å²) in [5, 5.41) is 8.98. The molecule has 0 amide bonds. The van der Waals surface area contributed by atoms with Crippen LogP contribution in [0.15, 0.2) is 0 Å². The Balaban J connectivity index is 3.16. The zero-order valence-electron chi connectivity index (χ0n) is 10.1. The van der Waals surface area contributed by atoms with Crippen LogP contribution < -0.4 is 5.73 Å². The number of carbonyl (C=O) groups is 1. The molecule has 0 aliphatic carbocycles. The highest BCUT2D eigenvalue weighted by Crippen LogP contribution is 1.87. The van der Waals surface area contributed by atoms with E-state index in [0.717, 1.165) is 0 Å². The third kappa shape index (κ3) is 10.2. The van der Waals surface area contributed by atoms with Crippen LogP contribution in [0, 0.1) is 0 Å². The molecule has 17 heavy (non-hydrogen) atoms. The first-order valence-electron chi connectivity index (χ1n) is 5.41. The molecule has 0 radical (unpaired) electrons. The van der Waals surface area contributed by atoms with E-state index in [4.69, 9.17) is 25.1 Å².